The van der Waals surface area contributed by atoms with Gasteiger partial charge in [-0.05, 0) is 31.5 Å². The predicted molar refractivity (Wildman–Crippen MR) is 88.3 cm³/mol. The smallest absolute Gasteiger partial charge is 0.334 e. The van der Waals surface area contributed by atoms with Crippen molar-refractivity contribution < 1.29 is 31.2 Å². The van der Waals surface area contributed by atoms with E-state index in [-0.39, 0.29) is 17.2 Å². The van der Waals surface area contributed by atoms with Crippen molar-refractivity contribution in [3.05, 3.63) is 29.8 Å². The van der Waals surface area contributed by atoms with Crippen molar-refractivity contribution in [3.8, 4) is 0 Å². The van der Waals surface area contributed by atoms with Gasteiger partial charge < -0.3 is 16.0 Å². The number of urea groups is 1. The molecule has 1 aliphatic rings. The molecular weight excluding hydrogens is 375 g/mol. The molecule has 1 aromatic carbocycles. The van der Waals surface area contributed by atoms with Crippen LogP contribution in [0.2, 0.25) is 0 Å². The minimum atomic E-state index is -4.54. The lowest BCUT2D eigenvalue weighted by Gasteiger charge is -2.17. The van der Waals surface area contributed by atoms with Crippen LogP contribution in [0.3, 0.4) is 0 Å². The summed E-state index contributed by atoms with van der Waals surface area (Å²) < 4.78 is 60.7. The lowest BCUT2D eigenvalue weighted by molar-refractivity contribution is -0.137. The minimum absolute atomic E-state index is 0.0104. The molecule has 0 radical (unpaired) electrons. The van der Waals surface area contributed by atoms with Crippen LogP contribution in [0.25, 0.3) is 0 Å². The molecule has 3 amide bonds. The number of alkyl halides is 3. The summed E-state index contributed by atoms with van der Waals surface area (Å²) in [5.74, 6) is -0.882. The zero-order valence-electron chi connectivity index (χ0n) is 13.8. The molecule has 1 saturated heterocycles. The number of hydrogen-bond donors (Lipinski definition) is 3. The number of carbonyl (C=O) groups excluding carboxylic acids is 2. The van der Waals surface area contributed by atoms with E-state index in [2.05, 4.69) is 16.0 Å². The van der Waals surface area contributed by atoms with Crippen molar-refractivity contribution in [3.63, 3.8) is 0 Å². The Bertz CT molecular complexity index is 796. The number of halogens is 3. The van der Waals surface area contributed by atoms with Crippen LogP contribution in [-0.4, -0.2) is 43.9 Å². The fraction of sp³-hybridized carbons (Fsp3) is 0.467. The summed E-state index contributed by atoms with van der Waals surface area (Å²) in [5.41, 5.74) is -0.961. The van der Waals surface area contributed by atoms with E-state index < -0.39 is 45.6 Å². The first kappa shape index (κ1) is 20.0. The second kappa shape index (κ2) is 7.52. The van der Waals surface area contributed by atoms with E-state index in [1.54, 1.807) is 0 Å². The van der Waals surface area contributed by atoms with Crippen LogP contribution in [-0.2, 0) is 20.8 Å². The maximum Gasteiger partial charge on any atom is 0.416 e. The number of rotatable bonds is 4. The van der Waals surface area contributed by atoms with Crippen molar-refractivity contribution in [2.75, 3.05) is 16.8 Å². The van der Waals surface area contributed by atoms with Gasteiger partial charge in [-0.1, -0.05) is 6.07 Å². The summed E-state index contributed by atoms with van der Waals surface area (Å²) in [6.45, 7) is 1.36. The second-order valence-electron chi connectivity index (χ2n) is 6.01. The second-order valence-corrected chi connectivity index (χ2v) is 8.24. The Balaban J connectivity index is 1.88. The number of sulfone groups is 1. The normalized spacial score (nSPS) is 20.2. The van der Waals surface area contributed by atoms with Crippen molar-refractivity contribution in [1.82, 2.24) is 10.6 Å². The Hall–Kier alpha value is -2.30. The number of anilines is 1. The van der Waals surface area contributed by atoms with E-state index in [0.29, 0.717) is 6.42 Å². The van der Waals surface area contributed by atoms with Gasteiger partial charge in [0.25, 0.3) is 0 Å². The molecule has 0 aromatic heterocycles. The van der Waals surface area contributed by atoms with Crippen molar-refractivity contribution >= 4 is 27.5 Å². The lowest BCUT2D eigenvalue weighted by Crippen LogP contribution is -2.49. The number of hydrogen-bond acceptors (Lipinski definition) is 4. The van der Waals surface area contributed by atoms with Crippen LogP contribution in [0.5, 0.6) is 0 Å². The first-order chi connectivity index (χ1) is 12.0. The third kappa shape index (κ3) is 5.61. The van der Waals surface area contributed by atoms with Gasteiger partial charge in [-0.15, -0.1) is 0 Å². The van der Waals surface area contributed by atoms with E-state index in [0.717, 1.165) is 18.2 Å². The fourth-order valence-electron chi connectivity index (χ4n) is 2.42. The lowest BCUT2D eigenvalue weighted by atomic mass is 10.2. The highest BCUT2D eigenvalue weighted by Crippen LogP contribution is 2.30. The highest BCUT2D eigenvalue weighted by atomic mass is 32.2. The molecule has 2 unspecified atom stereocenters. The maximum atomic E-state index is 12.7. The average molecular weight is 393 g/mol. The average Bonchev–Trinajstić information content (AvgIpc) is 2.85. The van der Waals surface area contributed by atoms with Crippen LogP contribution in [0.15, 0.2) is 24.3 Å². The van der Waals surface area contributed by atoms with Crippen LogP contribution >= 0.6 is 0 Å². The molecule has 26 heavy (non-hydrogen) atoms. The zero-order chi connectivity index (χ0) is 19.5. The molecule has 0 saturated carbocycles. The van der Waals surface area contributed by atoms with Crippen molar-refractivity contribution in [1.29, 1.82) is 0 Å². The highest BCUT2D eigenvalue weighted by Gasteiger charge is 2.31. The van der Waals surface area contributed by atoms with Gasteiger partial charge in [0.15, 0.2) is 9.84 Å². The molecule has 0 spiro atoms. The molecule has 0 aliphatic carbocycles. The highest BCUT2D eigenvalue weighted by molar-refractivity contribution is 7.91. The molecule has 2 atom stereocenters. The van der Waals surface area contributed by atoms with Crippen molar-refractivity contribution in [2.24, 2.45) is 0 Å². The Kier molecular flexibility index (Phi) is 5.79. The summed E-state index contributed by atoms with van der Waals surface area (Å²) in [5, 5.41) is 7.06. The van der Waals surface area contributed by atoms with E-state index in [9.17, 15) is 31.2 Å². The Morgan fingerprint density at radius 3 is 2.54 bits per heavy atom. The summed E-state index contributed by atoms with van der Waals surface area (Å²) in [7, 11) is -3.16. The van der Waals surface area contributed by atoms with Gasteiger partial charge in [0.1, 0.15) is 6.04 Å². The molecule has 7 nitrogen and oxygen atoms in total. The Morgan fingerprint density at radius 1 is 1.27 bits per heavy atom. The predicted octanol–water partition coefficient (Wildman–Crippen LogP) is 1.52. The summed E-state index contributed by atoms with van der Waals surface area (Å²) in [4.78, 5) is 23.8. The van der Waals surface area contributed by atoms with Gasteiger partial charge >= 0.3 is 12.2 Å². The standard InChI is InChI=1S/C15H18F3N3O4S/c1-9(19-14(23)21-12-5-6-26(24,25)8-12)13(22)20-11-4-2-3-10(7-11)15(16,17)18/h2-4,7,9,12H,5-6,8H2,1H3,(H,20,22)(H2,19,21,23). The van der Waals surface area contributed by atoms with Crippen LogP contribution in [0.1, 0.15) is 18.9 Å². The Labute approximate surface area is 148 Å². The topological polar surface area (TPSA) is 104 Å². The third-order valence-corrected chi connectivity index (χ3v) is 5.53. The third-order valence-electron chi connectivity index (χ3n) is 3.77. The molecule has 1 aliphatic heterocycles. The van der Waals surface area contributed by atoms with Crippen LogP contribution in [0, 0.1) is 0 Å². The SMILES string of the molecule is CC(NC(=O)NC1CCS(=O)(=O)C1)C(=O)Nc1cccc(C(F)(F)F)c1. The Morgan fingerprint density at radius 2 is 1.96 bits per heavy atom. The fourth-order valence-corrected chi connectivity index (χ4v) is 4.10. The van der Waals surface area contributed by atoms with Gasteiger partial charge in [-0.2, -0.15) is 13.2 Å². The van der Waals surface area contributed by atoms with E-state index in [1.807, 2.05) is 0 Å². The van der Waals surface area contributed by atoms with Gasteiger partial charge in [-0.25, -0.2) is 13.2 Å². The largest absolute Gasteiger partial charge is 0.416 e. The molecule has 1 heterocycles. The van der Waals surface area contributed by atoms with Gasteiger partial charge in [0.05, 0.1) is 17.1 Å². The summed E-state index contributed by atoms with van der Waals surface area (Å²) in [6, 6.07) is 1.82. The molecule has 2 rings (SSSR count). The zero-order valence-corrected chi connectivity index (χ0v) is 14.6. The monoisotopic (exact) mass is 393 g/mol. The number of benzene rings is 1. The molecule has 144 valence electrons. The molecule has 1 aromatic rings. The molecular formula is C15H18F3N3O4S. The van der Waals surface area contributed by atoms with E-state index in [1.165, 1.54) is 13.0 Å². The summed E-state index contributed by atoms with van der Waals surface area (Å²) >= 11 is 0. The van der Waals surface area contributed by atoms with Gasteiger partial charge in [0, 0.05) is 11.7 Å². The number of amides is 3. The molecule has 0 bridgehead atoms. The minimum Gasteiger partial charge on any atom is -0.334 e. The molecule has 1 fully saturated rings. The van der Waals surface area contributed by atoms with Crippen LogP contribution in [0.4, 0.5) is 23.7 Å². The van der Waals surface area contributed by atoms with E-state index >= 15 is 0 Å². The van der Waals surface area contributed by atoms with Gasteiger partial charge in [-0.3, -0.25) is 4.79 Å². The molecule has 11 heteroatoms. The molecule has 3 N–H and O–H groups in total. The number of nitrogens with one attached hydrogen (secondary N) is 3. The summed E-state index contributed by atoms with van der Waals surface area (Å²) in [6.07, 6.45) is -4.24. The van der Waals surface area contributed by atoms with Crippen molar-refractivity contribution in [2.45, 2.75) is 31.6 Å². The first-order valence-electron chi connectivity index (χ1n) is 7.72. The van der Waals surface area contributed by atoms with Crippen LogP contribution < -0.4 is 16.0 Å². The number of carbonyl (C=O) groups is 2. The quantitative estimate of drug-likeness (QED) is 0.721. The van der Waals surface area contributed by atoms with Gasteiger partial charge in [0.2, 0.25) is 5.91 Å². The first-order valence-corrected chi connectivity index (χ1v) is 9.54. The van der Waals surface area contributed by atoms with E-state index in [4.69, 9.17) is 0 Å². The maximum absolute atomic E-state index is 12.7.